The van der Waals surface area contributed by atoms with Crippen molar-refractivity contribution >= 4 is 34.5 Å². The quantitative estimate of drug-likeness (QED) is 0.0502. The van der Waals surface area contributed by atoms with E-state index in [9.17, 15) is 0 Å². The maximum Gasteiger partial charge on any atom is 0.277 e. The third-order valence-electron chi connectivity index (χ3n) is 13.6. The van der Waals surface area contributed by atoms with Crippen LogP contribution in [0.4, 0.5) is 43.9 Å². The molecule has 0 radical (unpaired) electrons. The van der Waals surface area contributed by atoms with E-state index in [2.05, 4.69) is 13.8 Å². The summed E-state index contributed by atoms with van der Waals surface area (Å²) >= 11 is 0. The minimum absolute atomic E-state index is 0.180. The van der Waals surface area contributed by atoms with Gasteiger partial charge in [0.15, 0.2) is 34.9 Å². The number of hydrogen-bond donors (Lipinski definition) is 0. The molecule has 8 rings (SSSR count). The molecular weight excluding hydrogens is 844 g/mol. The van der Waals surface area contributed by atoms with Crippen LogP contribution in [-0.2, 0) is 0 Å². The highest BCUT2D eigenvalue weighted by molar-refractivity contribution is 8.27. The fourth-order valence-electron chi connectivity index (χ4n) is 11.8. The zero-order valence-electron chi connectivity index (χ0n) is 36.7. The van der Waals surface area contributed by atoms with Gasteiger partial charge in [0.25, 0.3) is 5.87 Å². The molecule has 1 heterocycles. The normalized spacial score (nSPS) is 18.5. The van der Waals surface area contributed by atoms with Gasteiger partial charge < -0.3 is 0 Å². The van der Waals surface area contributed by atoms with Gasteiger partial charge in [-0.1, -0.05) is 116 Å². The van der Waals surface area contributed by atoms with E-state index >= 15 is 43.9 Å². The number of rotatable bonds is 7. The summed E-state index contributed by atoms with van der Waals surface area (Å²) in [7, 11) is -4.40. The summed E-state index contributed by atoms with van der Waals surface area (Å²) in [5.74, 6) is -29.6. The SMILES string of the molecule is CCCCC.Cc1cc(C)c([P+]2(c3c(C)cc(C)cc3C)C3=C4CCCC[C@H]4[C@@H](c4ccccc4)C=C3[B-]2(c2c(F)c(F)c(F)c(F)c2F)c2c(F)c(F)c(F)c(F)c2F)c(C)c1. The summed E-state index contributed by atoms with van der Waals surface area (Å²) in [4.78, 5) is 0. The predicted molar refractivity (Wildman–Crippen MR) is 236 cm³/mol. The highest BCUT2D eigenvalue weighted by atomic mass is 31.2. The minimum Gasteiger partial charge on any atom is -0.207 e. The van der Waals surface area contributed by atoms with Crippen molar-refractivity contribution in [1.29, 1.82) is 0 Å². The van der Waals surface area contributed by atoms with Crippen molar-refractivity contribution in [2.24, 2.45) is 5.92 Å². The molecule has 332 valence electrons. The fraction of sp³-hybridized carbons (Fsp3) is 0.333. The summed E-state index contributed by atoms with van der Waals surface area (Å²) < 4.78 is 164. The summed E-state index contributed by atoms with van der Waals surface area (Å²) in [6.45, 7) is 14.8. The number of fused-ring (bicyclic) bond motifs is 2. The Morgan fingerprint density at radius 1 is 0.540 bits per heavy atom. The molecule has 3 aliphatic rings. The van der Waals surface area contributed by atoms with E-state index in [4.69, 9.17) is 0 Å². The van der Waals surface area contributed by atoms with E-state index in [1.807, 2.05) is 0 Å². The Morgan fingerprint density at radius 2 is 0.937 bits per heavy atom. The molecule has 2 aliphatic carbocycles. The lowest BCUT2D eigenvalue weighted by molar-refractivity contribution is 0.381. The first-order valence-corrected chi connectivity index (χ1v) is 23.5. The highest BCUT2D eigenvalue weighted by Gasteiger charge is 2.77. The first-order chi connectivity index (χ1) is 29.8. The van der Waals surface area contributed by atoms with Gasteiger partial charge in [-0.25, -0.2) is 43.9 Å². The lowest BCUT2D eigenvalue weighted by atomic mass is 9.30. The van der Waals surface area contributed by atoms with Crippen LogP contribution < -0.4 is 21.5 Å². The van der Waals surface area contributed by atoms with Gasteiger partial charge in [-0.05, 0) is 107 Å². The lowest BCUT2D eigenvalue weighted by Gasteiger charge is -2.67. The Labute approximate surface area is 363 Å². The van der Waals surface area contributed by atoms with Crippen molar-refractivity contribution in [3.8, 4) is 0 Å². The molecule has 5 aromatic rings. The Kier molecular flexibility index (Phi) is 12.8. The number of benzene rings is 5. The molecule has 0 unspecified atom stereocenters. The second-order valence-corrected chi connectivity index (χ2v) is 21.2. The number of halogens is 10. The molecule has 0 aromatic heterocycles. The predicted octanol–water partition coefficient (Wildman–Crippen LogP) is 13.6. The second kappa shape index (κ2) is 17.4. The van der Waals surface area contributed by atoms with Crippen LogP contribution >= 0.6 is 7.14 Å². The van der Waals surface area contributed by atoms with Crippen LogP contribution in [0.25, 0.3) is 0 Å². The van der Waals surface area contributed by atoms with E-state index < -0.39 is 88.0 Å². The van der Waals surface area contributed by atoms with Crippen molar-refractivity contribution in [1.82, 2.24) is 0 Å². The standard InChI is InChI=1S/C46H38BF10P.C5H12/c1-21-16-23(3)44(24(4)17-21)58(45-25(5)18-22(2)19-26(45)6)46-29-15-11-10-14-28(29)30(27-12-8-7-9-13-27)20-31(46)47(58,32-34(48)38(52)42(56)39(53)35(32)49)33-36(50)40(54)43(57)41(55)37(33)51;1-3-5-4-2/h7-9,12-13,16-20,28,30H,10-11,14-15H2,1-6H3;3-5H2,1-2H3/t28-,30-;/m1./s1. The molecule has 5 aromatic carbocycles. The van der Waals surface area contributed by atoms with Gasteiger partial charge in [0.05, 0.1) is 10.6 Å². The van der Waals surface area contributed by atoms with Crippen molar-refractivity contribution in [2.45, 2.75) is 106 Å². The summed E-state index contributed by atoms with van der Waals surface area (Å²) in [5, 5.41) is 1.09. The van der Waals surface area contributed by atoms with Crippen molar-refractivity contribution in [2.75, 3.05) is 0 Å². The Balaban J connectivity index is 0.00000113. The number of unbranched alkanes of at least 4 members (excludes halogenated alkanes) is 2. The van der Waals surface area contributed by atoms with Crippen LogP contribution in [0.2, 0.25) is 0 Å². The maximum absolute atomic E-state index is 17.3. The topological polar surface area (TPSA) is 0 Å². The Hall–Kier alpha value is -4.63. The average molecular weight is 895 g/mol. The Bertz CT molecular complexity index is 2490. The number of allylic oxidation sites excluding steroid dienone is 4. The van der Waals surface area contributed by atoms with E-state index in [-0.39, 0.29) is 11.4 Å². The van der Waals surface area contributed by atoms with Gasteiger partial charge in [0, 0.05) is 11.2 Å². The maximum atomic E-state index is 17.3. The van der Waals surface area contributed by atoms with Gasteiger partial charge in [-0.2, -0.15) is 0 Å². The van der Waals surface area contributed by atoms with Crippen LogP contribution in [0, 0.1) is 106 Å². The van der Waals surface area contributed by atoms with E-state index in [1.54, 1.807) is 102 Å². The molecule has 1 aliphatic heterocycles. The molecular formula is C51H50BF10P. The zero-order chi connectivity index (χ0) is 46.0. The third kappa shape index (κ3) is 6.76. The van der Waals surface area contributed by atoms with Gasteiger partial charge in [-0.3, -0.25) is 0 Å². The molecule has 63 heavy (non-hydrogen) atoms. The monoisotopic (exact) mass is 894 g/mol. The van der Waals surface area contributed by atoms with Crippen molar-refractivity contribution in [3.63, 3.8) is 0 Å². The van der Waals surface area contributed by atoms with Crippen LogP contribution in [0.15, 0.2) is 77.0 Å². The Morgan fingerprint density at radius 3 is 1.32 bits per heavy atom. The zero-order valence-corrected chi connectivity index (χ0v) is 37.6. The molecule has 2 atom stereocenters. The largest absolute Gasteiger partial charge is 0.277 e. The lowest BCUT2D eigenvalue weighted by Crippen LogP contribution is -2.76. The molecule has 0 nitrogen and oxygen atoms in total. The first-order valence-electron chi connectivity index (χ1n) is 21.6. The molecule has 1 saturated heterocycles. The summed E-state index contributed by atoms with van der Waals surface area (Å²) in [6.07, 6.45) is 8.12. The molecule has 2 fully saturated rings. The number of hydrogen-bond acceptors (Lipinski definition) is 0. The minimum atomic E-state index is -4.40. The molecule has 12 heteroatoms. The number of aryl methyl sites for hydroxylation is 6. The van der Waals surface area contributed by atoms with Crippen molar-refractivity contribution < 1.29 is 43.9 Å². The molecule has 0 bridgehead atoms. The van der Waals surface area contributed by atoms with Crippen LogP contribution in [0.1, 0.15) is 104 Å². The van der Waals surface area contributed by atoms with Crippen LogP contribution in [0.5, 0.6) is 0 Å². The van der Waals surface area contributed by atoms with E-state index in [1.165, 1.54) is 19.3 Å². The molecule has 0 N–H and O–H groups in total. The van der Waals surface area contributed by atoms with Crippen LogP contribution in [-0.4, -0.2) is 5.87 Å². The average Bonchev–Trinajstić information content (AvgIpc) is 3.24. The van der Waals surface area contributed by atoms with Gasteiger partial charge in [0.2, 0.25) is 0 Å². The summed E-state index contributed by atoms with van der Waals surface area (Å²) in [6, 6.07) is 15.9. The van der Waals surface area contributed by atoms with Crippen molar-refractivity contribution in [3.05, 3.63) is 174 Å². The smallest absolute Gasteiger partial charge is 0.207 e. The van der Waals surface area contributed by atoms with Gasteiger partial charge in [-0.15, -0.1) is 11.5 Å². The van der Waals surface area contributed by atoms with E-state index in [0.717, 1.165) is 23.1 Å². The molecule has 0 spiro atoms. The molecule has 1 saturated carbocycles. The van der Waals surface area contributed by atoms with Gasteiger partial charge >= 0.3 is 0 Å². The van der Waals surface area contributed by atoms with Crippen LogP contribution in [0.3, 0.4) is 0 Å². The summed E-state index contributed by atoms with van der Waals surface area (Å²) in [5.41, 5.74) is 1.42. The van der Waals surface area contributed by atoms with Gasteiger partial charge in [0.1, 0.15) is 23.3 Å². The second-order valence-electron chi connectivity index (χ2n) is 17.6. The third-order valence-corrected chi connectivity index (χ3v) is 19.6. The van der Waals surface area contributed by atoms with E-state index in [0.29, 0.717) is 63.0 Å². The first kappa shape index (κ1) is 46.4. The highest BCUT2D eigenvalue weighted by Crippen LogP contribution is 2.86. The molecule has 0 amide bonds. The fourth-order valence-corrected chi connectivity index (χ4v) is 19.1.